The maximum absolute atomic E-state index is 4.30. The zero-order chi connectivity index (χ0) is 13.7. The molecular weight excluding hydrogens is 224 g/mol. The van der Waals surface area contributed by atoms with Crippen molar-refractivity contribution in [1.82, 2.24) is 15.5 Å². The van der Waals surface area contributed by atoms with Gasteiger partial charge >= 0.3 is 0 Å². The van der Waals surface area contributed by atoms with Crippen LogP contribution in [0.2, 0.25) is 0 Å². The molecule has 1 N–H and O–H groups in total. The number of nitrogens with zero attached hydrogens (tertiary/aromatic N) is 3. The van der Waals surface area contributed by atoms with Crippen molar-refractivity contribution in [2.45, 2.75) is 53.2 Å². The molecule has 0 aromatic carbocycles. The van der Waals surface area contributed by atoms with Crippen molar-refractivity contribution >= 4 is 5.82 Å². The molecule has 0 radical (unpaired) electrons. The molecule has 4 nitrogen and oxygen atoms in total. The van der Waals surface area contributed by atoms with Crippen LogP contribution in [0, 0.1) is 5.92 Å². The maximum atomic E-state index is 4.30. The SMILES string of the molecule is CC(C)NCc1ccc(N(C)C(C)C(C)C)nn1. The van der Waals surface area contributed by atoms with Crippen LogP contribution in [0.1, 0.15) is 40.3 Å². The van der Waals surface area contributed by atoms with Crippen LogP contribution < -0.4 is 10.2 Å². The van der Waals surface area contributed by atoms with Crippen LogP contribution in [0.15, 0.2) is 12.1 Å². The summed E-state index contributed by atoms with van der Waals surface area (Å²) in [7, 11) is 2.07. The highest BCUT2D eigenvalue weighted by Crippen LogP contribution is 2.15. The van der Waals surface area contributed by atoms with Crippen molar-refractivity contribution in [2.75, 3.05) is 11.9 Å². The number of anilines is 1. The quantitative estimate of drug-likeness (QED) is 0.842. The number of hydrogen-bond acceptors (Lipinski definition) is 4. The summed E-state index contributed by atoms with van der Waals surface area (Å²) in [5.74, 6) is 1.53. The van der Waals surface area contributed by atoms with Gasteiger partial charge in [0.2, 0.25) is 0 Å². The van der Waals surface area contributed by atoms with E-state index in [2.05, 4.69) is 62.1 Å². The molecule has 1 rings (SSSR count). The van der Waals surface area contributed by atoms with Crippen LogP contribution in [0.25, 0.3) is 0 Å². The van der Waals surface area contributed by atoms with E-state index in [1.54, 1.807) is 0 Å². The maximum Gasteiger partial charge on any atom is 0.151 e. The molecule has 0 bridgehead atoms. The van der Waals surface area contributed by atoms with Gasteiger partial charge in [-0.05, 0) is 25.0 Å². The van der Waals surface area contributed by atoms with Crippen molar-refractivity contribution in [2.24, 2.45) is 5.92 Å². The van der Waals surface area contributed by atoms with Gasteiger partial charge in [0.05, 0.1) is 5.69 Å². The molecule has 102 valence electrons. The van der Waals surface area contributed by atoms with Crippen molar-refractivity contribution in [3.8, 4) is 0 Å². The van der Waals surface area contributed by atoms with Crippen LogP contribution in [-0.2, 0) is 6.54 Å². The van der Waals surface area contributed by atoms with E-state index < -0.39 is 0 Å². The fourth-order valence-electron chi connectivity index (χ4n) is 1.60. The molecule has 0 saturated heterocycles. The van der Waals surface area contributed by atoms with Gasteiger partial charge in [-0.15, -0.1) is 5.10 Å². The van der Waals surface area contributed by atoms with Crippen LogP contribution in [-0.4, -0.2) is 29.3 Å². The van der Waals surface area contributed by atoms with Crippen LogP contribution in [0.4, 0.5) is 5.82 Å². The predicted octanol–water partition coefficient (Wildman–Crippen LogP) is 2.46. The highest BCUT2D eigenvalue weighted by molar-refractivity contribution is 5.37. The van der Waals surface area contributed by atoms with Gasteiger partial charge in [0, 0.05) is 25.7 Å². The van der Waals surface area contributed by atoms with Crippen molar-refractivity contribution in [1.29, 1.82) is 0 Å². The average molecular weight is 250 g/mol. The minimum Gasteiger partial charge on any atom is -0.355 e. The van der Waals surface area contributed by atoms with Crippen LogP contribution >= 0.6 is 0 Å². The second kappa shape index (κ2) is 6.69. The first kappa shape index (κ1) is 14.9. The Balaban J connectivity index is 2.64. The first-order chi connectivity index (χ1) is 8.41. The molecule has 1 aromatic heterocycles. The lowest BCUT2D eigenvalue weighted by molar-refractivity contribution is 0.500. The molecule has 0 spiro atoms. The van der Waals surface area contributed by atoms with E-state index in [-0.39, 0.29) is 0 Å². The molecule has 0 aliphatic rings. The summed E-state index contributed by atoms with van der Waals surface area (Å²) in [5.41, 5.74) is 0.984. The van der Waals surface area contributed by atoms with Crippen molar-refractivity contribution < 1.29 is 0 Å². The number of rotatable bonds is 6. The van der Waals surface area contributed by atoms with Gasteiger partial charge in [-0.3, -0.25) is 0 Å². The normalized spacial score (nSPS) is 13.1. The molecule has 18 heavy (non-hydrogen) atoms. The monoisotopic (exact) mass is 250 g/mol. The Morgan fingerprint density at radius 1 is 1.11 bits per heavy atom. The zero-order valence-electron chi connectivity index (χ0n) is 12.4. The lowest BCUT2D eigenvalue weighted by Crippen LogP contribution is -2.34. The van der Waals surface area contributed by atoms with Crippen molar-refractivity contribution in [3.05, 3.63) is 17.8 Å². The summed E-state index contributed by atoms with van der Waals surface area (Å²) in [6, 6.07) is 5.01. The molecular formula is C14H26N4. The summed E-state index contributed by atoms with van der Waals surface area (Å²) in [5, 5.41) is 11.9. The summed E-state index contributed by atoms with van der Waals surface area (Å²) in [6.45, 7) is 11.7. The molecule has 1 aromatic rings. The molecule has 0 amide bonds. The lowest BCUT2D eigenvalue weighted by Gasteiger charge is -2.28. The minimum atomic E-state index is 0.457. The van der Waals surface area contributed by atoms with E-state index in [0.29, 0.717) is 18.0 Å². The lowest BCUT2D eigenvalue weighted by atomic mass is 10.1. The van der Waals surface area contributed by atoms with E-state index >= 15 is 0 Å². The van der Waals surface area contributed by atoms with E-state index in [0.717, 1.165) is 18.1 Å². The molecule has 4 heteroatoms. The average Bonchev–Trinajstić information content (AvgIpc) is 2.35. The fraction of sp³-hybridized carbons (Fsp3) is 0.714. The highest BCUT2D eigenvalue weighted by Gasteiger charge is 2.14. The van der Waals surface area contributed by atoms with E-state index in [9.17, 15) is 0 Å². The fourth-order valence-corrected chi connectivity index (χ4v) is 1.60. The molecule has 1 atom stereocenters. The van der Waals surface area contributed by atoms with Crippen LogP contribution in [0.3, 0.4) is 0 Å². The number of nitrogens with one attached hydrogen (secondary N) is 1. The Hall–Kier alpha value is -1.16. The molecule has 1 unspecified atom stereocenters. The second-order valence-electron chi connectivity index (χ2n) is 5.51. The Kier molecular flexibility index (Phi) is 5.54. The Labute approximate surface area is 111 Å². The Bertz CT molecular complexity index is 345. The van der Waals surface area contributed by atoms with E-state index in [1.807, 2.05) is 12.1 Å². The van der Waals surface area contributed by atoms with Gasteiger partial charge in [0.1, 0.15) is 0 Å². The summed E-state index contributed by atoms with van der Waals surface area (Å²) in [6.07, 6.45) is 0. The van der Waals surface area contributed by atoms with Gasteiger partial charge in [-0.2, -0.15) is 5.10 Å². The topological polar surface area (TPSA) is 41.0 Å². The highest BCUT2D eigenvalue weighted by atomic mass is 15.3. The molecule has 0 aliphatic heterocycles. The molecule has 1 heterocycles. The number of aromatic nitrogens is 2. The van der Waals surface area contributed by atoms with E-state index in [4.69, 9.17) is 0 Å². The molecule has 0 fully saturated rings. The first-order valence-electron chi connectivity index (χ1n) is 6.70. The Morgan fingerprint density at radius 2 is 1.78 bits per heavy atom. The third kappa shape index (κ3) is 4.26. The Morgan fingerprint density at radius 3 is 2.22 bits per heavy atom. The molecule has 0 aliphatic carbocycles. The van der Waals surface area contributed by atoms with Crippen molar-refractivity contribution in [3.63, 3.8) is 0 Å². The third-order valence-electron chi connectivity index (χ3n) is 3.33. The van der Waals surface area contributed by atoms with Gasteiger partial charge in [0.25, 0.3) is 0 Å². The summed E-state index contributed by atoms with van der Waals surface area (Å²) >= 11 is 0. The van der Waals surface area contributed by atoms with Gasteiger partial charge in [-0.25, -0.2) is 0 Å². The summed E-state index contributed by atoms with van der Waals surface area (Å²) in [4.78, 5) is 2.18. The van der Waals surface area contributed by atoms with E-state index in [1.165, 1.54) is 0 Å². The number of hydrogen-bond donors (Lipinski definition) is 1. The van der Waals surface area contributed by atoms with Gasteiger partial charge in [-0.1, -0.05) is 27.7 Å². The van der Waals surface area contributed by atoms with Crippen LogP contribution in [0.5, 0.6) is 0 Å². The smallest absolute Gasteiger partial charge is 0.151 e. The minimum absolute atomic E-state index is 0.457. The predicted molar refractivity (Wildman–Crippen MR) is 76.7 cm³/mol. The zero-order valence-corrected chi connectivity index (χ0v) is 12.4. The molecule has 0 saturated carbocycles. The third-order valence-corrected chi connectivity index (χ3v) is 3.33. The van der Waals surface area contributed by atoms with Gasteiger partial charge < -0.3 is 10.2 Å². The standard InChI is InChI=1S/C14H26N4/c1-10(2)12(5)18(6)14-8-7-13(16-17-14)9-15-11(3)4/h7-8,10-12,15H,9H2,1-6H3. The summed E-state index contributed by atoms with van der Waals surface area (Å²) < 4.78 is 0. The largest absolute Gasteiger partial charge is 0.355 e. The van der Waals surface area contributed by atoms with Gasteiger partial charge in [0.15, 0.2) is 5.82 Å². The first-order valence-corrected chi connectivity index (χ1v) is 6.70. The second-order valence-corrected chi connectivity index (χ2v) is 5.51.